The van der Waals surface area contributed by atoms with Gasteiger partial charge in [0.1, 0.15) is 0 Å². The summed E-state index contributed by atoms with van der Waals surface area (Å²) in [5.74, 6) is 0.821. The Bertz CT molecular complexity index is 831. The molecule has 4 nitrogen and oxygen atoms in total. The Hall–Kier alpha value is -2.01. The Labute approximate surface area is 114 Å². The van der Waals surface area contributed by atoms with E-state index in [9.17, 15) is 0 Å². The summed E-state index contributed by atoms with van der Waals surface area (Å²) in [6.45, 7) is 0. The summed E-state index contributed by atoms with van der Waals surface area (Å²) in [6.07, 6.45) is 3.28. The van der Waals surface area contributed by atoms with Crippen molar-refractivity contribution in [1.82, 2.24) is 20.2 Å². The average Bonchev–Trinajstić information content (AvgIpc) is 3.04. The quantitative estimate of drug-likeness (QED) is 0.666. The largest absolute Gasteiger partial charge is 0.282 e. The zero-order valence-corrected chi connectivity index (χ0v) is 11.0. The van der Waals surface area contributed by atoms with Crippen LogP contribution in [0.1, 0.15) is 17.7 Å². The fourth-order valence-corrected chi connectivity index (χ4v) is 3.01. The van der Waals surface area contributed by atoms with Crippen LogP contribution in [0.4, 0.5) is 0 Å². The van der Waals surface area contributed by atoms with Crippen LogP contribution < -0.4 is 0 Å². The number of nitrogens with zero attached hydrogens (tertiary/aromatic N) is 2. The van der Waals surface area contributed by atoms with Gasteiger partial charge >= 0.3 is 0 Å². The molecule has 0 saturated carbocycles. The maximum atomic E-state index is 5.07. The first-order valence-corrected chi connectivity index (χ1v) is 6.79. The van der Waals surface area contributed by atoms with Gasteiger partial charge in [0.05, 0.1) is 5.52 Å². The highest BCUT2D eigenvalue weighted by Crippen LogP contribution is 2.35. The van der Waals surface area contributed by atoms with Crippen molar-refractivity contribution in [2.75, 3.05) is 0 Å². The van der Waals surface area contributed by atoms with Crippen LogP contribution in [0.25, 0.3) is 22.3 Å². The number of hydrogen-bond acceptors (Lipinski definition) is 3. The SMILES string of the molecule is S=c1nc(-c2c3c(nc4ccccc24)CCC3)[nH][nH]1. The molecule has 1 aliphatic rings. The molecule has 0 atom stereocenters. The minimum Gasteiger partial charge on any atom is -0.282 e. The summed E-state index contributed by atoms with van der Waals surface area (Å²) in [7, 11) is 0. The van der Waals surface area contributed by atoms with Crippen molar-refractivity contribution in [2.45, 2.75) is 19.3 Å². The van der Waals surface area contributed by atoms with Gasteiger partial charge in [-0.25, -0.2) is 0 Å². The van der Waals surface area contributed by atoms with Gasteiger partial charge in [-0.3, -0.25) is 15.2 Å². The highest BCUT2D eigenvalue weighted by atomic mass is 32.1. The molecule has 0 fully saturated rings. The molecule has 0 spiro atoms. The molecular weight excluding hydrogens is 256 g/mol. The Morgan fingerprint density at radius 2 is 1.95 bits per heavy atom. The van der Waals surface area contributed by atoms with Crippen LogP contribution in [0.15, 0.2) is 24.3 Å². The number of para-hydroxylation sites is 1. The Kier molecular flexibility index (Phi) is 2.29. The predicted octanol–water partition coefficient (Wildman–Crippen LogP) is 3.17. The van der Waals surface area contributed by atoms with E-state index in [1.54, 1.807) is 0 Å². The summed E-state index contributed by atoms with van der Waals surface area (Å²) >= 11 is 5.07. The van der Waals surface area contributed by atoms with Crippen molar-refractivity contribution in [3.63, 3.8) is 0 Å². The van der Waals surface area contributed by atoms with Crippen molar-refractivity contribution < 1.29 is 0 Å². The summed E-state index contributed by atoms with van der Waals surface area (Å²) in [4.78, 5) is 9.16. The predicted molar refractivity (Wildman–Crippen MR) is 76.5 cm³/mol. The van der Waals surface area contributed by atoms with Crippen LogP contribution >= 0.6 is 12.2 Å². The van der Waals surface area contributed by atoms with Crippen molar-refractivity contribution in [1.29, 1.82) is 0 Å². The number of rotatable bonds is 1. The number of fused-ring (bicyclic) bond motifs is 2. The maximum absolute atomic E-state index is 5.07. The first kappa shape index (κ1) is 10.9. The van der Waals surface area contributed by atoms with E-state index in [0.717, 1.165) is 41.6 Å². The van der Waals surface area contributed by atoms with Crippen LogP contribution in [0.2, 0.25) is 0 Å². The van der Waals surface area contributed by atoms with E-state index in [4.69, 9.17) is 17.2 Å². The summed E-state index contributed by atoms with van der Waals surface area (Å²) in [5, 5.41) is 7.10. The Morgan fingerprint density at radius 3 is 2.79 bits per heavy atom. The van der Waals surface area contributed by atoms with Crippen LogP contribution in [-0.2, 0) is 12.8 Å². The number of hydrogen-bond donors (Lipinski definition) is 2. The average molecular weight is 268 g/mol. The number of H-pyrrole nitrogens is 2. The number of aromatic amines is 2. The summed E-state index contributed by atoms with van der Waals surface area (Å²) in [6, 6.07) is 8.21. The van der Waals surface area contributed by atoms with Gasteiger partial charge in [0.25, 0.3) is 0 Å². The lowest BCUT2D eigenvalue weighted by atomic mass is 10.0. The normalized spacial score (nSPS) is 13.9. The van der Waals surface area contributed by atoms with Gasteiger partial charge in [0, 0.05) is 16.6 Å². The summed E-state index contributed by atoms with van der Waals surface area (Å²) < 4.78 is 0.489. The molecule has 4 rings (SSSR count). The molecule has 0 radical (unpaired) electrons. The lowest BCUT2D eigenvalue weighted by Gasteiger charge is -2.09. The first-order chi connectivity index (χ1) is 9.33. The maximum Gasteiger partial charge on any atom is 0.213 e. The Morgan fingerprint density at radius 1 is 1.05 bits per heavy atom. The molecule has 0 bridgehead atoms. The van der Waals surface area contributed by atoms with E-state index in [0.29, 0.717) is 4.77 Å². The fourth-order valence-electron chi connectivity index (χ4n) is 2.87. The number of aryl methyl sites for hydroxylation is 1. The third-order valence-electron chi connectivity index (χ3n) is 3.66. The molecule has 1 aromatic carbocycles. The van der Waals surface area contributed by atoms with Crippen molar-refractivity contribution in [3.05, 3.63) is 40.3 Å². The van der Waals surface area contributed by atoms with Gasteiger partial charge in [-0.1, -0.05) is 18.2 Å². The smallest absolute Gasteiger partial charge is 0.213 e. The number of pyridine rings is 1. The van der Waals surface area contributed by atoms with E-state index in [1.807, 2.05) is 12.1 Å². The standard InChI is InChI=1S/C14H12N4S/c19-14-16-13(17-18-14)12-8-4-1-2-6-10(8)15-11-7-3-5-9(11)12/h1-2,4,6H,3,5,7H2,(H2,16,17,18,19). The minimum atomic E-state index is 0.489. The van der Waals surface area contributed by atoms with Crippen LogP contribution in [0, 0.1) is 4.77 Å². The van der Waals surface area contributed by atoms with E-state index >= 15 is 0 Å². The van der Waals surface area contributed by atoms with Crippen molar-refractivity contribution in [3.8, 4) is 11.4 Å². The van der Waals surface area contributed by atoms with Gasteiger partial charge in [0.15, 0.2) is 5.82 Å². The summed E-state index contributed by atoms with van der Waals surface area (Å²) in [5.41, 5.74) is 4.71. The van der Waals surface area contributed by atoms with Crippen molar-refractivity contribution in [2.24, 2.45) is 0 Å². The third kappa shape index (κ3) is 1.62. The molecule has 0 saturated heterocycles. The molecule has 3 aromatic rings. The van der Waals surface area contributed by atoms with Crippen molar-refractivity contribution >= 4 is 23.1 Å². The molecule has 2 N–H and O–H groups in total. The van der Waals surface area contributed by atoms with E-state index in [-0.39, 0.29) is 0 Å². The molecular formula is C14H12N4S. The number of benzene rings is 1. The topological polar surface area (TPSA) is 57.4 Å². The van der Waals surface area contributed by atoms with Gasteiger partial charge in [0.2, 0.25) is 4.77 Å². The van der Waals surface area contributed by atoms with E-state index < -0.39 is 0 Å². The fraction of sp³-hybridized carbons (Fsp3) is 0.214. The molecule has 0 aliphatic heterocycles. The molecule has 2 heterocycles. The number of nitrogens with one attached hydrogen (secondary N) is 2. The van der Waals surface area contributed by atoms with E-state index in [2.05, 4.69) is 27.3 Å². The molecule has 5 heteroatoms. The van der Waals surface area contributed by atoms with Crippen LogP contribution in [0.5, 0.6) is 0 Å². The van der Waals surface area contributed by atoms with E-state index in [1.165, 1.54) is 11.3 Å². The van der Waals surface area contributed by atoms with Gasteiger partial charge in [-0.15, -0.1) is 0 Å². The molecule has 0 unspecified atom stereocenters. The second kappa shape index (κ2) is 3.99. The lowest BCUT2D eigenvalue weighted by molar-refractivity contribution is 0.901. The highest BCUT2D eigenvalue weighted by molar-refractivity contribution is 7.71. The third-order valence-corrected chi connectivity index (χ3v) is 3.85. The second-order valence-electron chi connectivity index (χ2n) is 4.80. The lowest BCUT2D eigenvalue weighted by Crippen LogP contribution is -1.96. The van der Waals surface area contributed by atoms with Crippen LogP contribution in [-0.4, -0.2) is 20.2 Å². The first-order valence-electron chi connectivity index (χ1n) is 6.38. The number of aromatic nitrogens is 4. The molecule has 0 amide bonds. The zero-order chi connectivity index (χ0) is 12.8. The zero-order valence-electron chi connectivity index (χ0n) is 10.2. The molecule has 2 aromatic heterocycles. The van der Waals surface area contributed by atoms with Crippen LogP contribution in [0.3, 0.4) is 0 Å². The van der Waals surface area contributed by atoms with Gasteiger partial charge in [-0.2, -0.15) is 4.98 Å². The molecule has 19 heavy (non-hydrogen) atoms. The highest BCUT2D eigenvalue weighted by Gasteiger charge is 2.21. The molecule has 94 valence electrons. The van der Waals surface area contributed by atoms with Gasteiger partial charge < -0.3 is 0 Å². The minimum absolute atomic E-state index is 0.489. The Balaban J connectivity index is 2.15. The molecule has 1 aliphatic carbocycles. The second-order valence-corrected chi connectivity index (χ2v) is 5.19. The van der Waals surface area contributed by atoms with Gasteiger partial charge in [-0.05, 0) is 43.1 Å². The monoisotopic (exact) mass is 268 g/mol.